The molecule has 0 aromatic carbocycles. The third-order valence-electron chi connectivity index (χ3n) is 0.669. The third kappa shape index (κ3) is 1.57. The molecule has 0 heterocycles. The second kappa shape index (κ2) is 2.98. The van der Waals surface area contributed by atoms with Crippen molar-refractivity contribution in [3.05, 3.63) is 24.8 Å². The summed E-state index contributed by atoms with van der Waals surface area (Å²) in [6.45, 7) is 6.65. The maximum atomic E-state index is 10.3. The zero-order valence-corrected chi connectivity index (χ0v) is 4.48. The topological polar surface area (TPSA) is 55.1 Å². The Hall–Kier alpha value is -1.09. The van der Waals surface area contributed by atoms with Crippen molar-refractivity contribution >= 4 is 5.91 Å². The number of hydrogen-bond acceptors (Lipinski definition) is 2. The molecule has 0 rings (SSSR count). The zero-order valence-electron chi connectivity index (χ0n) is 4.48. The summed E-state index contributed by atoms with van der Waals surface area (Å²) in [7, 11) is 0. The molecule has 0 atom stereocenters. The van der Waals surface area contributed by atoms with E-state index in [2.05, 4.69) is 13.2 Å². The van der Waals surface area contributed by atoms with Crippen molar-refractivity contribution in [3.8, 4) is 0 Å². The molecule has 0 aliphatic heterocycles. The highest BCUT2D eigenvalue weighted by molar-refractivity contribution is 5.94. The van der Waals surface area contributed by atoms with Gasteiger partial charge in [0, 0.05) is 5.57 Å². The average molecular weight is 112 g/mol. The van der Waals surface area contributed by atoms with Gasteiger partial charge in [-0.05, 0) is 0 Å². The first-order chi connectivity index (χ1) is 3.72. The molecule has 3 N–H and O–H groups in total. The van der Waals surface area contributed by atoms with Crippen LogP contribution in [-0.2, 0) is 4.79 Å². The summed E-state index contributed by atoms with van der Waals surface area (Å²) in [4.78, 5) is 10.3. The van der Waals surface area contributed by atoms with Gasteiger partial charge < -0.3 is 0 Å². The fourth-order valence-corrected chi connectivity index (χ4v) is 0.185. The van der Waals surface area contributed by atoms with Crippen LogP contribution in [0.15, 0.2) is 24.8 Å². The van der Waals surface area contributed by atoms with Crippen molar-refractivity contribution in [1.29, 1.82) is 0 Å². The van der Waals surface area contributed by atoms with Gasteiger partial charge in [0.05, 0.1) is 0 Å². The first kappa shape index (κ1) is 6.91. The van der Waals surface area contributed by atoms with Crippen LogP contribution in [0.3, 0.4) is 0 Å². The molecule has 0 aliphatic carbocycles. The SMILES string of the molecule is C=CC(=C)C(=O)NN. The summed E-state index contributed by atoms with van der Waals surface area (Å²) in [5.74, 6) is 4.34. The lowest BCUT2D eigenvalue weighted by Gasteiger charge is -1.93. The largest absolute Gasteiger partial charge is 0.290 e. The van der Waals surface area contributed by atoms with Crippen LogP contribution in [0.4, 0.5) is 0 Å². The van der Waals surface area contributed by atoms with Gasteiger partial charge in [0.15, 0.2) is 0 Å². The molecule has 1 amide bonds. The second-order valence-corrected chi connectivity index (χ2v) is 1.20. The van der Waals surface area contributed by atoms with E-state index in [9.17, 15) is 4.79 Å². The van der Waals surface area contributed by atoms with Crippen molar-refractivity contribution in [2.75, 3.05) is 0 Å². The van der Waals surface area contributed by atoms with E-state index in [1.165, 1.54) is 6.08 Å². The van der Waals surface area contributed by atoms with Gasteiger partial charge in [0.25, 0.3) is 5.91 Å². The molecule has 8 heavy (non-hydrogen) atoms. The molecule has 0 fully saturated rings. The van der Waals surface area contributed by atoms with Crippen molar-refractivity contribution < 1.29 is 4.79 Å². The van der Waals surface area contributed by atoms with E-state index < -0.39 is 5.91 Å². The molecule has 0 saturated carbocycles. The molecule has 3 heteroatoms. The maximum Gasteiger partial charge on any atom is 0.264 e. The van der Waals surface area contributed by atoms with E-state index in [0.717, 1.165) is 0 Å². The number of rotatable bonds is 2. The van der Waals surface area contributed by atoms with E-state index in [1.54, 1.807) is 0 Å². The van der Waals surface area contributed by atoms with Gasteiger partial charge in [0.1, 0.15) is 0 Å². The summed E-state index contributed by atoms with van der Waals surface area (Å²) >= 11 is 0. The fraction of sp³-hybridized carbons (Fsp3) is 0. The van der Waals surface area contributed by atoms with E-state index in [-0.39, 0.29) is 5.57 Å². The summed E-state index contributed by atoms with van der Waals surface area (Å²) in [5, 5.41) is 0. The number of hydrazine groups is 1. The first-order valence-electron chi connectivity index (χ1n) is 2.04. The molecule has 0 aliphatic rings. The van der Waals surface area contributed by atoms with Gasteiger partial charge in [-0.15, -0.1) is 0 Å². The molecular weight excluding hydrogens is 104 g/mol. The normalized spacial score (nSPS) is 7.62. The number of amides is 1. The van der Waals surface area contributed by atoms with E-state index in [0.29, 0.717) is 0 Å². The quantitative estimate of drug-likeness (QED) is 0.170. The lowest BCUT2D eigenvalue weighted by atomic mass is 10.3. The molecule has 0 aromatic heterocycles. The molecule has 0 unspecified atom stereocenters. The minimum atomic E-state index is -0.403. The van der Waals surface area contributed by atoms with Crippen molar-refractivity contribution in [1.82, 2.24) is 5.43 Å². The smallest absolute Gasteiger partial charge is 0.264 e. The minimum absolute atomic E-state index is 0.271. The van der Waals surface area contributed by atoms with Crippen LogP contribution < -0.4 is 11.3 Å². The van der Waals surface area contributed by atoms with E-state index in [4.69, 9.17) is 5.84 Å². The predicted octanol–water partition coefficient (Wildman–Crippen LogP) is -0.281. The molecule has 0 radical (unpaired) electrons. The van der Waals surface area contributed by atoms with Crippen LogP contribution >= 0.6 is 0 Å². The highest BCUT2D eigenvalue weighted by atomic mass is 16.2. The van der Waals surface area contributed by atoms with Gasteiger partial charge in [-0.2, -0.15) is 0 Å². The number of carbonyl (C=O) groups is 1. The fourth-order valence-electron chi connectivity index (χ4n) is 0.185. The second-order valence-electron chi connectivity index (χ2n) is 1.20. The van der Waals surface area contributed by atoms with Crippen LogP contribution in [0.5, 0.6) is 0 Å². The molecule has 3 nitrogen and oxygen atoms in total. The standard InChI is InChI=1S/C5H8N2O/c1-3-4(2)5(8)7-6/h3H,1-2,6H2,(H,7,8). The number of nitrogens with one attached hydrogen (secondary N) is 1. The molecule has 44 valence electrons. The molecule has 0 bridgehead atoms. The Morgan fingerprint density at radius 3 is 2.38 bits per heavy atom. The maximum absolute atomic E-state index is 10.3. The van der Waals surface area contributed by atoms with Gasteiger partial charge in [-0.25, -0.2) is 5.84 Å². The van der Waals surface area contributed by atoms with Gasteiger partial charge >= 0.3 is 0 Å². The molecular formula is C5H8N2O. The number of hydrogen-bond donors (Lipinski definition) is 2. The van der Waals surface area contributed by atoms with Crippen molar-refractivity contribution in [3.63, 3.8) is 0 Å². The summed E-state index contributed by atoms with van der Waals surface area (Å²) in [5.41, 5.74) is 2.18. The lowest BCUT2D eigenvalue weighted by molar-refractivity contribution is -0.117. The van der Waals surface area contributed by atoms with Crippen LogP contribution in [0.2, 0.25) is 0 Å². The van der Waals surface area contributed by atoms with Crippen LogP contribution in [0, 0.1) is 0 Å². The first-order valence-corrected chi connectivity index (χ1v) is 2.04. The Balaban J connectivity index is 3.82. The lowest BCUT2D eigenvalue weighted by Crippen LogP contribution is -2.30. The van der Waals surface area contributed by atoms with Crippen molar-refractivity contribution in [2.24, 2.45) is 5.84 Å². The highest BCUT2D eigenvalue weighted by Crippen LogP contribution is 1.86. The van der Waals surface area contributed by atoms with Crippen LogP contribution in [0.1, 0.15) is 0 Å². The van der Waals surface area contributed by atoms with Gasteiger partial charge in [-0.1, -0.05) is 19.2 Å². The number of nitrogens with two attached hydrogens (primary N) is 1. The molecule has 0 saturated heterocycles. The van der Waals surface area contributed by atoms with Crippen molar-refractivity contribution in [2.45, 2.75) is 0 Å². The van der Waals surface area contributed by atoms with Crippen LogP contribution in [-0.4, -0.2) is 5.91 Å². The summed E-state index contributed by atoms with van der Waals surface area (Å²) < 4.78 is 0. The Labute approximate surface area is 47.8 Å². The van der Waals surface area contributed by atoms with E-state index in [1.807, 2.05) is 5.43 Å². The highest BCUT2D eigenvalue weighted by Gasteiger charge is 1.95. The Bertz CT molecular complexity index is 128. The Morgan fingerprint density at radius 1 is 1.75 bits per heavy atom. The Kier molecular flexibility index (Phi) is 2.58. The average Bonchev–Trinajstić information content (AvgIpc) is 1.84. The summed E-state index contributed by atoms with van der Waals surface area (Å²) in [6, 6.07) is 0. The molecule has 0 aromatic rings. The summed E-state index contributed by atoms with van der Waals surface area (Å²) in [6.07, 6.45) is 1.34. The Morgan fingerprint density at radius 2 is 2.25 bits per heavy atom. The van der Waals surface area contributed by atoms with Gasteiger partial charge in [0.2, 0.25) is 0 Å². The van der Waals surface area contributed by atoms with Crippen LogP contribution in [0.25, 0.3) is 0 Å². The third-order valence-corrected chi connectivity index (χ3v) is 0.669. The van der Waals surface area contributed by atoms with E-state index >= 15 is 0 Å². The number of carbonyl (C=O) groups excluding carboxylic acids is 1. The predicted molar refractivity (Wildman–Crippen MR) is 31.7 cm³/mol. The molecule has 0 spiro atoms. The minimum Gasteiger partial charge on any atom is -0.290 e. The van der Waals surface area contributed by atoms with Gasteiger partial charge in [-0.3, -0.25) is 10.2 Å². The monoisotopic (exact) mass is 112 g/mol. The zero-order chi connectivity index (χ0) is 6.57.